The normalized spacial score (nSPS) is 14.5. The Morgan fingerprint density at radius 2 is 1.53 bits per heavy atom. The van der Waals surface area contributed by atoms with Crippen LogP contribution in [0.1, 0.15) is 15.9 Å². The molecule has 2 N–H and O–H groups in total. The van der Waals surface area contributed by atoms with Crippen LogP contribution < -0.4 is 21.3 Å². The molecule has 1 aliphatic heterocycles. The van der Waals surface area contributed by atoms with Gasteiger partial charge in [0.15, 0.2) is 0 Å². The fraction of sp³-hybridized carbons (Fsp3) is 0.280. The third-order valence-corrected chi connectivity index (χ3v) is 6.00. The molecule has 0 atom stereocenters. The third kappa shape index (κ3) is 6.42. The lowest BCUT2D eigenvalue weighted by atomic mass is 10.1. The lowest BCUT2D eigenvalue weighted by Gasteiger charge is -2.36. The topological polar surface area (TPSA) is 69.6 Å². The predicted octanol–water partition coefficient (Wildman–Crippen LogP) is 3.59. The van der Waals surface area contributed by atoms with Gasteiger partial charge in [0.25, 0.3) is 11.5 Å². The van der Waals surface area contributed by atoms with Crippen molar-refractivity contribution in [2.24, 2.45) is 0 Å². The Balaban J connectivity index is 1.28. The van der Waals surface area contributed by atoms with Crippen molar-refractivity contribution in [2.75, 3.05) is 43.0 Å². The second kappa shape index (κ2) is 10.8. The van der Waals surface area contributed by atoms with Crippen LogP contribution in [0.4, 0.5) is 28.9 Å². The Hall–Kier alpha value is -3.86. The SMILES string of the molecule is O=C(NNc1ccc(F)cc1)c1ccc(=O)n(CCN2CCN(c3ccc(C(F)(F)F)cc3)CC2)c1. The van der Waals surface area contributed by atoms with Crippen LogP contribution in [-0.2, 0) is 12.7 Å². The smallest absolute Gasteiger partial charge is 0.369 e. The van der Waals surface area contributed by atoms with Crippen molar-refractivity contribution in [3.63, 3.8) is 0 Å². The van der Waals surface area contributed by atoms with E-state index in [-0.39, 0.29) is 16.9 Å². The number of halogens is 4. The van der Waals surface area contributed by atoms with Crippen LogP contribution in [0.3, 0.4) is 0 Å². The number of nitrogens with zero attached hydrogens (tertiary/aromatic N) is 3. The Kier molecular flexibility index (Phi) is 7.58. The Labute approximate surface area is 204 Å². The number of carbonyl (C=O) groups excluding carboxylic acids is 1. The van der Waals surface area contributed by atoms with Gasteiger partial charge in [-0.15, -0.1) is 0 Å². The number of hydrogen-bond donors (Lipinski definition) is 2. The number of pyridine rings is 1. The van der Waals surface area contributed by atoms with E-state index in [1.165, 1.54) is 59.3 Å². The third-order valence-electron chi connectivity index (χ3n) is 6.00. The lowest BCUT2D eigenvalue weighted by Crippen LogP contribution is -2.47. The number of aromatic nitrogens is 1. The van der Waals surface area contributed by atoms with E-state index in [0.29, 0.717) is 45.0 Å². The number of benzene rings is 2. The fourth-order valence-electron chi connectivity index (χ4n) is 3.91. The van der Waals surface area contributed by atoms with Crippen molar-refractivity contribution in [3.8, 4) is 0 Å². The number of amides is 1. The highest BCUT2D eigenvalue weighted by Crippen LogP contribution is 2.30. The maximum absolute atomic E-state index is 13.0. The molecule has 0 saturated carbocycles. The molecule has 0 spiro atoms. The number of piperazine rings is 1. The second-order valence-electron chi connectivity index (χ2n) is 8.41. The van der Waals surface area contributed by atoms with Crippen LogP contribution in [-0.4, -0.2) is 48.1 Å². The highest BCUT2D eigenvalue weighted by molar-refractivity contribution is 5.94. The van der Waals surface area contributed by atoms with Crippen LogP contribution in [0.15, 0.2) is 71.7 Å². The molecule has 1 saturated heterocycles. The molecule has 0 bridgehead atoms. The Morgan fingerprint density at radius 1 is 0.861 bits per heavy atom. The molecule has 1 aromatic heterocycles. The highest BCUT2D eigenvalue weighted by Gasteiger charge is 2.30. The van der Waals surface area contributed by atoms with Crippen molar-refractivity contribution in [3.05, 3.63) is 94.2 Å². The summed E-state index contributed by atoms with van der Waals surface area (Å²) >= 11 is 0. The van der Waals surface area contributed by atoms with Crippen LogP contribution in [0.25, 0.3) is 0 Å². The van der Waals surface area contributed by atoms with Gasteiger partial charge >= 0.3 is 6.18 Å². The maximum atomic E-state index is 13.0. The summed E-state index contributed by atoms with van der Waals surface area (Å²) < 4.78 is 52.8. The quantitative estimate of drug-likeness (QED) is 0.381. The van der Waals surface area contributed by atoms with Crippen molar-refractivity contribution >= 4 is 17.3 Å². The highest BCUT2D eigenvalue weighted by atomic mass is 19.4. The van der Waals surface area contributed by atoms with E-state index in [1.54, 1.807) is 0 Å². The molecule has 36 heavy (non-hydrogen) atoms. The number of nitrogens with one attached hydrogen (secondary N) is 2. The number of carbonyl (C=O) groups is 1. The van der Waals surface area contributed by atoms with Crippen molar-refractivity contribution in [1.29, 1.82) is 0 Å². The molecule has 1 aliphatic rings. The summed E-state index contributed by atoms with van der Waals surface area (Å²) in [4.78, 5) is 28.9. The molecule has 0 unspecified atom stereocenters. The average molecular weight is 504 g/mol. The number of anilines is 2. The first kappa shape index (κ1) is 25.2. The molecule has 1 amide bonds. The summed E-state index contributed by atoms with van der Waals surface area (Å²) in [5.41, 5.74) is 5.84. The monoisotopic (exact) mass is 503 g/mol. The fourth-order valence-corrected chi connectivity index (χ4v) is 3.91. The molecule has 1 fully saturated rings. The van der Waals surface area contributed by atoms with Crippen LogP contribution in [0.2, 0.25) is 0 Å². The minimum absolute atomic E-state index is 0.235. The molecule has 4 rings (SSSR count). The zero-order chi connectivity index (χ0) is 25.7. The molecular weight excluding hydrogens is 478 g/mol. The second-order valence-corrected chi connectivity index (χ2v) is 8.41. The summed E-state index contributed by atoms with van der Waals surface area (Å²) in [6.07, 6.45) is -2.87. The first-order valence-corrected chi connectivity index (χ1v) is 11.4. The Bertz CT molecular complexity index is 1240. The van der Waals surface area contributed by atoms with Gasteiger partial charge in [0.2, 0.25) is 0 Å². The summed E-state index contributed by atoms with van der Waals surface area (Å²) in [7, 11) is 0. The van der Waals surface area contributed by atoms with E-state index in [0.717, 1.165) is 17.8 Å². The molecule has 3 aromatic rings. The predicted molar refractivity (Wildman–Crippen MR) is 128 cm³/mol. The van der Waals surface area contributed by atoms with Gasteiger partial charge in [-0.3, -0.25) is 25.3 Å². The summed E-state index contributed by atoms with van der Waals surface area (Å²) in [6.45, 7) is 3.65. The minimum atomic E-state index is -4.35. The number of rotatable bonds is 7. The van der Waals surface area contributed by atoms with E-state index in [1.807, 2.05) is 4.90 Å². The average Bonchev–Trinajstić information content (AvgIpc) is 2.87. The van der Waals surface area contributed by atoms with E-state index < -0.39 is 17.6 Å². The van der Waals surface area contributed by atoms with Gasteiger partial charge in [-0.05, 0) is 54.6 Å². The van der Waals surface area contributed by atoms with E-state index in [9.17, 15) is 27.2 Å². The molecule has 190 valence electrons. The van der Waals surface area contributed by atoms with Crippen molar-refractivity contribution < 1.29 is 22.4 Å². The number of hydrazine groups is 1. The number of hydrogen-bond acceptors (Lipinski definition) is 5. The number of alkyl halides is 3. The van der Waals surface area contributed by atoms with Gasteiger partial charge < -0.3 is 9.47 Å². The van der Waals surface area contributed by atoms with Gasteiger partial charge in [0.05, 0.1) is 16.8 Å². The van der Waals surface area contributed by atoms with Crippen molar-refractivity contribution in [2.45, 2.75) is 12.7 Å². The van der Waals surface area contributed by atoms with E-state index in [2.05, 4.69) is 15.8 Å². The zero-order valence-electron chi connectivity index (χ0n) is 19.3. The molecule has 11 heteroatoms. The summed E-state index contributed by atoms with van der Waals surface area (Å²) in [5.74, 6) is -0.835. The van der Waals surface area contributed by atoms with E-state index >= 15 is 0 Å². The maximum Gasteiger partial charge on any atom is 0.416 e. The van der Waals surface area contributed by atoms with Crippen LogP contribution >= 0.6 is 0 Å². The first-order chi connectivity index (χ1) is 17.2. The van der Waals surface area contributed by atoms with Gasteiger partial charge in [-0.25, -0.2) is 4.39 Å². The van der Waals surface area contributed by atoms with Crippen molar-refractivity contribution in [1.82, 2.24) is 14.9 Å². The zero-order valence-corrected chi connectivity index (χ0v) is 19.3. The van der Waals surface area contributed by atoms with Crippen LogP contribution in [0, 0.1) is 5.82 Å². The first-order valence-electron chi connectivity index (χ1n) is 11.4. The Morgan fingerprint density at radius 3 is 2.17 bits per heavy atom. The lowest BCUT2D eigenvalue weighted by molar-refractivity contribution is -0.137. The van der Waals surface area contributed by atoms with E-state index in [4.69, 9.17) is 0 Å². The summed E-state index contributed by atoms with van der Waals surface area (Å²) in [6, 6.07) is 13.4. The molecule has 0 radical (unpaired) electrons. The minimum Gasteiger partial charge on any atom is -0.369 e. The van der Waals surface area contributed by atoms with Gasteiger partial charge in [0, 0.05) is 57.2 Å². The van der Waals surface area contributed by atoms with Gasteiger partial charge in [-0.2, -0.15) is 13.2 Å². The molecule has 2 heterocycles. The largest absolute Gasteiger partial charge is 0.416 e. The van der Waals surface area contributed by atoms with Gasteiger partial charge in [-0.1, -0.05) is 0 Å². The molecular formula is C25H25F4N5O2. The molecule has 7 nitrogen and oxygen atoms in total. The van der Waals surface area contributed by atoms with Crippen LogP contribution in [0.5, 0.6) is 0 Å². The summed E-state index contributed by atoms with van der Waals surface area (Å²) in [5, 5.41) is 0. The standard InChI is InChI=1S/C25H25F4N5O2/c26-20-4-6-21(7-5-20)30-31-24(36)18-1-10-23(35)34(17-18)16-13-32-11-14-33(15-12-32)22-8-2-19(3-9-22)25(27,28)29/h1-10,17,30H,11-16H2,(H,31,36). The molecule has 2 aromatic carbocycles. The van der Waals surface area contributed by atoms with Gasteiger partial charge in [0.1, 0.15) is 5.82 Å². The molecule has 0 aliphatic carbocycles.